The van der Waals surface area contributed by atoms with E-state index in [4.69, 9.17) is 0 Å². The molecule has 2 N–H and O–H groups in total. The van der Waals surface area contributed by atoms with E-state index in [9.17, 15) is 13.2 Å². The van der Waals surface area contributed by atoms with Crippen LogP contribution in [0.25, 0.3) is 0 Å². The molecule has 3 aromatic rings. The topological polar surface area (TPSA) is 75.3 Å². The van der Waals surface area contributed by atoms with Crippen molar-refractivity contribution in [1.82, 2.24) is 5.32 Å². The van der Waals surface area contributed by atoms with Crippen molar-refractivity contribution in [1.29, 1.82) is 0 Å². The van der Waals surface area contributed by atoms with Crippen LogP contribution in [0.1, 0.15) is 28.8 Å². The summed E-state index contributed by atoms with van der Waals surface area (Å²) in [5, 5.41) is 2.90. The lowest BCUT2D eigenvalue weighted by molar-refractivity contribution is 0.0951. The van der Waals surface area contributed by atoms with Crippen LogP contribution in [-0.2, 0) is 10.0 Å². The normalized spacial score (nSPS) is 12.2. The Hall–Kier alpha value is -3.12. The molecule has 0 aromatic heterocycles. The van der Waals surface area contributed by atoms with E-state index in [0.29, 0.717) is 17.8 Å². The molecule has 144 valence electrons. The van der Waals surface area contributed by atoms with Gasteiger partial charge >= 0.3 is 0 Å². The zero-order valence-electron chi connectivity index (χ0n) is 15.5. The van der Waals surface area contributed by atoms with Gasteiger partial charge in [0.15, 0.2) is 0 Å². The number of amides is 1. The van der Waals surface area contributed by atoms with Gasteiger partial charge in [-0.25, -0.2) is 8.42 Å². The highest BCUT2D eigenvalue weighted by Gasteiger charge is 2.15. The van der Waals surface area contributed by atoms with Crippen LogP contribution in [0.15, 0.2) is 89.8 Å². The molecule has 0 saturated carbocycles. The molecule has 1 amide bonds. The number of anilines is 1. The summed E-state index contributed by atoms with van der Waals surface area (Å²) in [6.45, 7) is 2.53. The summed E-state index contributed by atoms with van der Waals surface area (Å²) < 4.78 is 27.4. The Balaban J connectivity index is 1.66. The molecule has 1 unspecified atom stereocenters. The van der Waals surface area contributed by atoms with Gasteiger partial charge in [-0.15, -0.1) is 0 Å². The molecule has 0 saturated heterocycles. The molecule has 3 aromatic carbocycles. The molecule has 0 aliphatic heterocycles. The number of hydrogen-bond donors (Lipinski definition) is 2. The van der Waals surface area contributed by atoms with Gasteiger partial charge in [-0.2, -0.15) is 0 Å². The van der Waals surface area contributed by atoms with Crippen molar-refractivity contribution in [3.05, 3.63) is 96.1 Å². The number of rotatable bonds is 7. The van der Waals surface area contributed by atoms with Gasteiger partial charge in [-0.3, -0.25) is 9.52 Å². The van der Waals surface area contributed by atoms with E-state index in [0.717, 1.165) is 5.56 Å². The Morgan fingerprint density at radius 3 is 2.21 bits per heavy atom. The molecule has 0 aliphatic rings. The Morgan fingerprint density at radius 1 is 0.893 bits per heavy atom. The summed E-state index contributed by atoms with van der Waals surface area (Å²) in [6.07, 6.45) is 0. The van der Waals surface area contributed by atoms with Crippen molar-refractivity contribution in [3.63, 3.8) is 0 Å². The van der Waals surface area contributed by atoms with Gasteiger partial charge in [0.25, 0.3) is 15.9 Å². The van der Waals surface area contributed by atoms with Crippen molar-refractivity contribution in [2.45, 2.75) is 17.7 Å². The van der Waals surface area contributed by atoms with Crippen LogP contribution < -0.4 is 10.0 Å². The largest absolute Gasteiger partial charge is 0.351 e. The fraction of sp³-hybridized carbons (Fsp3) is 0.136. The standard InChI is InChI=1S/C22H22N2O3S/c1-17(18-9-4-2-5-10-18)16-23-22(25)19-11-8-12-20(15-19)24-28(26,27)21-13-6-3-7-14-21/h2-15,17,24H,16H2,1H3,(H,23,25). The Labute approximate surface area is 165 Å². The van der Waals surface area contributed by atoms with Gasteiger partial charge in [0.2, 0.25) is 0 Å². The molecule has 0 spiro atoms. The lowest BCUT2D eigenvalue weighted by atomic mass is 10.0. The van der Waals surface area contributed by atoms with E-state index in [1.165, 1.54) is 18.2 Å². The van der Waals surface area contributed by atoms with E-state index in [1.807, 2.05) is 37.3 Å². The Bertz CT molecular complexity index is 1040. The summed E-state index contributed by atoms with van der Waals surface area (Å²) in [4.78, 5) is 12.6. The highest BCUT2D eigenvalue weighted by atomic mass is 32.2. The summed E-state index contributed by atoms with van der Waals surface area (Å²) >= 11 is 0. The average molecular weight is 394 g/mol. The molecule has 0 radical (unpaired) electrons. The van der Waals surface area contributed by atoms with Crippen LogP contribution in [0.4, 0.5) is 5.69 Å². The minimum atomic E-state index is -3.70. The Kier molecular flexibility index (Phi) is 6.11. The van der Waals surface area contributed by atoms with Crippen molar-refractivity contribution in [2.75, 3.05) is 11.3 Å². The monoisotopic (exact) mass is 394 g/mol. The quantitative estimate of drug-likeness (QED) is 0.635. The molecule has 0 bridgehead atoms. The first-order valence-corrected chi connectivity index (χ1v) is 10.4. The first-order valence-electron chi connectivity index (χ1n) is 8.97. The fourth-order valence-electron chi connectivity index (χ4n) is 2.78. The highest BCUT2D eigenvalue weighted by Crippen LogP contribution is 2.18. The number of hydrogen-bond acceptors (Lipinski definition) is 3. The summed E-state index contributed by atoms with van der Waals surface area (Å²) in [5.41, 5.74) is 1.88. The lowest BCUT2D eigenvalue weighted by Gasteiger charge is -2.14. The maximum absolute atomic E-state index is 12.5. The Morgan fingerprint density at radius 2 is 1.54 bits per heavy atom. The van der Waals surface area contributed by atoms with Crippen LogP contribution in [0.3, 0.4) is 0 Å². The SMILES string of the molecule is CC(CNC(=O)c1cccc(NS(=O)(=O)c2ccccc2)c1)c1ccccc1. The molecule has 0 aliphatic carbocycles. The zero-order valence-corrected chi connectivity index (χ0v) is 16.3. The molecule has 28 heavy (non-hydrogen) atoms. The third-order valence-electron chi connectivity index (χ3n) is 4.37. The number of benzene rings is 3. The van der Waals surface area contributed by atoms with Crippen molar-refractivity contribution >= 4 is 21.6 Å². The second-order valence-electron chi connectivity index (χ2n) is 6.52. The smallest absolute Gasteiger partial charge is 0.261 e. The van der Waals surface area contributed by atoms with Crippen molar-refractivity contribution in [2.24, 2.45) is 0 Å². The van der Waals surface area contributed by atoms with Crippen LogP contribution in [0, 0.1) is 0 Å². The molecular formula is C22H22N2O3S. The minimum Gasteiger partial charge on any atom is -0.351 e. The van der Waals surface area contributed by atoms with Gasteiger partial charge in [0.1, 0.15) is 0 Å². The van der Waals surface area contributed by atoms with Gasteiger partial charge < -0.3 is 5.32 Å². The second-order valence-corrected chi connectivity index (χ2v) is 8.20. The van der Waals surface area contributed by atoms with Crippen LogP contribution in [-0.4, -0.2) is 20.9 Å². The van der Waals surface area contributed by atoms with E-state index in [1.54, 1.807) is 36.4 Å². The third-order valence-corrected chi connectivity index (χ3v) is 5.77. The van der Waals surface area contributed by atoms with Gasteiger partial charge in [0, 0.05) is 17.8 Å². The molecule has 5 nitrogen and oxygen atoms in total. The summed E-state index contributed by atoms with van der Waals surface area (Å²) in [5.74, 6) is -0.0755. The number of carbonyl (C=O) groups excluding carboxylic acids is 1. The first-order chi connectivity index (χ1) is 13.5. The minimum absolute atomic E-state index is 0.168. The third kappa shape index (κ3) is 4.98. The van der Waals surface area contributed by atoms with Gasteiger partial charge in [0.05, 0.1) is 4.90 Å². The number of sulfonamides is 1. The van der Waals surface area contributed by atoms with E-state index in [2.05, 4.69) is 10.0 Å². The lowest BCUT2D eigenvalue weighted by Crippen LogP contribution is -2.27. The molecule has 0 heterocycles. The predicted molar refractivity (Wildman–Crippen MR) is 111 cm³/mol. The zero-order chi connectivity index (χ0) is 20.0. The molecule has 6 heteroatoms. The van der Waals surface area contributed by atoms with Crippen LogP contribution in [0.2, 0.25) is 0 Å². The second kappa shape index (κ2) is 8.71. The van der Waals surface area contributed by atoms with Gasteiger partial charge in [-0.05, 0) is 41.8 Å². The maximum atomic E-state index is 12.5. The van der Waals surface area contributed by atoms with Gasteiger partial charge in [-0.1, -0.05) is 61.5 Å². The molecular weight excluding hydrogens is 372 g/mol. The molecule has 0 fully saturated rings. The van der Waals surface area contributed by atoms with E-state index in [-0.39, 0.29) is 16.7 Å². The molecule has 1 atom stereocenters. The fourth-order valence-corrected chi connectivity index (χ4v) is 3.86. The average Bonchev–Trinajstić information content (AvgIpc) is 2.73. The van der Waals surface area contributed by atoms with E-state index >= 15 is 0 Å². The first kappa shape index (κ1) is 19.6. The summed E-state index contributed by atoms with van der Waals surface area (Å²) in [7, 11) is -3.70. The van der Waals surface area contributed by atoms with Crippen molar-refractivity contribution < 1.29 is 13.2 Å². The van der Waals surface area contributed by atoms with Crippen molar-refractivity contribution in [3.8, 4) is 0 Å². The number of nitrogens with one attached hydrogen (secondary N) is 2. The maximum Gasteiger partial charge on any atom is 0.261 e. The van der Waals surface area contributed by atoms with E-state index < -0.39 is 10.0 Å². The highest BCUT2D eigenvalue weighted by molar-refractivity contribution is 7.92. The van der Waals surface area contributed by atoms with Crippen LogP contribution in [0.5, 0.6) is 0 Å². The molecule has 3 rings (SSSR count). The summed E-state index contributed by atoms with van der Waals surface area (Å²) in [6, 6.07) is 24.5. The number of carbonyl (C=O) groups is 1. The van der Waals surface area contributed by atoms with Crippen LogP contribution >= 0.6 is 0 Å². The predicted octanol–water partition coefficient (Wildman–Crippen LogP) is 4.02.